The molecule has 2 rings (SSSR count). The maximum absolute atomic E-state index is 10.6. The van der Waals surface area contributed by atoms with Crippen LogP contribution in [0.3, 0.4) is 0 Å². The second kappa shape index (κ2) is 4.22. The van der Waals surface area contributed by atoms with Gasteiger partial charge in [0.1, 0.15) is 0 Å². The van der Waals surface area contributed by atoms with E-state index >= 15 is 0 Å². The Morgan fingerprint density at radius 2 is 1.94 bits per heavy atom. The molecule has 0 aromatic heterocycles. The first-order valence-electron chi connectivity index (χ1n) is 5.63. The molecule has 1 fully saturated rings. The first-order chi connectivity index (χ1) is 7.68. The van der Waals surface area contributed by atoms with Crippen molar-refractivity contribution in [1.82, 2.24) is 0 Å². The van der Waals surface area contributed by atoms with Crippen LogP contribution in [-0.4, -0.2) is 11.5 Å². The Kier molecular flexibility index (Phi) is 2.92. The molecule has 2 N–H and O–H groups in total. The quantitative estimate of drug-likeness (QED) is 0.625. The van der Waals surface area contributed by atoms with Crippen LogP contribution in [0.15, 0.2) is 24.3 Å². The maximum Gasteiger partial charge on any atom is 0.269 e. The number of nitro benzene ring substituents is 1. The average molecular weight is 220 g/mol. The fourth-order valence-electron chi connectivity index (χ4n) is 2.50. The molecule has 0 atom stereocenters. The van der Waals surface area contributed by atoms with Crippen LogP contribution in [0.4, 0.5) is 5.69 Å². The molecule has 0 saturated heterocycles. The third-order valence-corrected chi connectivity index (χ3v) is 3.62. The van der Waals surface area contributed by atoms with E-state index in [1.165, 1.54) is 12.0 Å². The Balaban J connectivity index is 2.23. The molecule has 1 aliphatic rings. The van der Waals surface area contributed by atoms with E-state index in [-0.39, 0.29) is 16.0 Å². The van der Waals surface area contributed by atoms with Crippen molar-refractivity contribution in [2.45, 2.75) is 31.1 Å². The number of non-ortho nitro benzene ring substituents is 1. The fourth-order valence-corrected chi connectivity index (χ4v) is 2.50. The number of rotatable bonds is 4. The largest absolute Gasteiger partial charge is 0.330 e. The molecule has 1 aliphatic carbocycles. The molecule has 1 aromatic carbocycles. The number of nitrogens with zero attached hydrogens (tertiary/aromatic N) is 1. The minimum absolute atomic E-state index is 0.158. The predicted molar refractivity (Wildman–Crippen MR) is 62.3 cm³/mol. The van der Waals surface area contributed by atoms with Crippen LogP contribution < -0.4 is 5.73 Å². The molecule has 0 radical (unpaired) electrons. The fraction of sp³-hybridized carbons (Fsp3) is 0.500. The summed E-state index contributed by atoms with van der Waals surface area (Å²) in [4.78, 5) is 10.2. The van der Waals surface area contributed by atoms with Crippen LogP contribution in [0.2, 0.25) is 0 Å². The van der Waals surface area contributed by atoms with Gasteiger partial charge in [0.25, 0.3) is 5.69 Å². The van der Waals surface area contributed by atoms with Gasteiger partial charge in [0.2, 0.25) is 0 Å². The zero-order chi connectivity index (χ0) is 11.6. The highest BCUT2D eigenvalue weighted by Crippen LogP contribution is 2.46. The lowest BCUT2D eigenvalue weighted by molar-refractivity contribution is -0.384. The lowest BCUT2D eigenvalue weighted by Crippen LogP contribution is -2.36. The lowest BCUT2D eigenvalue weighted by Gasteiger charge is -2.42. The first-order valence-corrected chi connectivity index (χ1v) is 5.63. The molecule has 0 bridgehead atoms. The van der Waals surface area contributed by atoms with Crippen molar-refractivity contribution in [3.63, 3.8) is 0 Å². The zero-order valence-corrected chi connectivity index (χ0v) is 9.19. The Morgan fingerprint density at radius 3 is 2.31 bits per heavy atom. The van der Waals surface area contributed by atoms with E-state index in [1.54, 1.807) is 12.1 Å². The Hall–Kier alpha value is -1.42. The van der Waals surface area contributed by atoms with Crippen LogP contribution in [0.5, 0.6) is 0 Å². The maximum atomic E-state index is 10.6. The van der Waals surface area contributed by atoms with Gasteiger partial charge in [-0.05, 0) is 36.8 Å². The molecule has 0 spiro atoms. The van der Waals surface area contributed by atoms with E-state index in [2.05, 4.69) is 0 Å². The molecule has 0 aliphatic heterocycles. The van der Waals surface area contributed by atoms with E-state index in [0.29, 0.717) is 6.54 Å². The van der Waals surface area contributed by atoms with Crippen LogP contribution >= 0.6 is 0 Å². The predicted octanol–water partition coefficient (Wildman–Crippen LogP) is 2.37. The van der Waals surface area contributed by atoms with Crippen molar-refractivity contribution in [3.05, 3.63) is 39.9 Å². The van der Waals surface area contributed by atoms with E-state index < -0.39 is 0 Å². The number of hydrogen-bond acceptors (Lipinski definition) is 3. The number of hydrogen-bond donors (Lipinski definition) is 1. The van der Waals surface area contributed by atoms with E-state index in [9.17, 15) is 10.1 Å². The van der Waals surface area contributed by atoms with Crippen LogP contribution in [0, 0.1) is 10.1 Å². The van der Waals surface area contributed by atoms with Crippen molar-refractivity contribution in [2.24, 2.45) is 5.73 Å². The summed E-state index contributed by atoms with van der Waals surface area (Å²) >= 11 is 0. The topological polar surface area (TPSA) is 69.2 Å². The van der Waals surface area contributed by atoms with Gasteiger partial charge in [-0.3, -0.25) is 10.1 Å². The van der Waals surface area contributed by atoms with Gasteiger partial charge < -0.3 is 5.73 Å². The minimum Gasteiger partial charge on any atom is -0.330 e. The second-order valence-corrected chi connectivity index (χ2v) is 4.48. The molecule has 4 nitrogen and oxygen atoms in total. The summed E-state index contributed by atoms with van der Waals surface area (Å²) in [6.45, 7) is 0.678. The zero-order valence-electron chi connectivity index (χ0n) is 9.19. The van der Waals surface area contributed by atoms with E-state index in [1.807, 2.05) is 12.1 Å². The summed E-state index contributed by atoms with van der Waals surface area (Å²) in [7, 11) is 0. The molecule has 0 amide bonds. The standard InChI is InChI=1S/C12H16N2O2/c13-9-8-12(6-1-7-12)10-2-4-11(5-3-10)14(15)16/h2-5H,1,6-9,13H2. The molecule has 0 heterocycles. The van der Waals surface area contributed by atoms with E-state index in [4.69, 9.17) is 5.73 Å². The van der Waals surface area contributed by atoms with Gasteiger partial charge in [0.15, 0.2) is 0 Å². The molecule has 0 unspecified atom stereocenters. The highest BCUT2D eigenvalue weighted by Gasteiger charge is 2.37. The van der Waals surface area contributed by atoms with Gasteiger partial charge in [-0.2, -0.15) is 0 Å². The van der Waals surface area contributed by atoms with Crippen LogP contribution in [-0.2, 0) is 5.41 Å². The summed E-state index contributed by atoms with van der Waals surface area (Å²) in [5.41, 5.74) is 7.19. The summed E-state index contributed by atoms with van der Waals surface area (Å²) in [5, 5.41) is 10.6. The smallest absolute Gasteiger partial charge is 0.269 e. The van der Waals surface area contributed by atoms with Crippen molar-refractivity contribution in [3.8, 4) is 0 Å². The van der Waals surface area contributed by atoms with Crippen molar-refractivity contribution in [1.29, 1.82) is 0 Å². The van der Waals surface area contributed by atoms with Crippen molar-refractivity contribution < 1.29 is 4.92 Å². The number of nitrogens with two attached hydrogens (primary N) is 1. The van der Waals surface area contributed by atoms with Gasteiger partial charge in [-0.1, -0.05) is 18.6 Å². The molecule has 1 saturated carbocycles. The molecule has 4 heteroatoms. The van der Waals surface area contributed by atoms with Crippen LogP contribution in [0.1, 0.15) is 31.2 Å². The molecular formula is C12H16N2O2. The number of benzene rings is 1. The van der Waals surface area contributed by atoms with Gasteiger partial charge >= 0.3 is 0 Å². The lowest BCUT2D eigenvalue weighted by atomic mass is 9.62. The van der Waals surface area contributed by atoms with Gasteiger partial charge in [-0.25, -0.2) is 0 Å². The average Bonchev–Trinajstić information content (AvgIpc) is 2.23. The highest BCUT2D eigenvalue weighted by atomic mass is 16.6. The molecule has 1 aromatic rings. The first kappa shape index (κ1) is 11.1. The Labute approximate surface area is 94.6 Å². The summed E-state index contributed by atoms with van der Waals surface area (Å²) < 4.78 is 0. The highest BCUT2D eigenvalue weighted by molar-refractivity contribution is 5.37. The Morgan fingerprint density at radius 1 is 1.31 bits per heavy atom. The third-order valence-electron chi connectivity index (χ3n) is 3.62. The van der Waals surface area contributed by atoms with E-state index in [0.717, 1.165) is 19.3 Å². The summed E-state index contributed by atoms with van der Waals surface area (Å²) in [6, 6.07) is 6.94. The van der Waals surface area contributed by atoms with Gasteiger partial charge in [0.05, 0.1) is 4.92 Å². The molecule has 86 valence electrons. The minimum atomic E-state index is -0.361. The normalized spacial score (nSPS) is 17.8. The molecular weight excluding hydrogens is 204 g/mol. The third kappa shape index (κ3) is 1.80. The van der Waals surface area contributed by atoms with Crippen molar-refractivity contribution in [2.75, 3.05) is 6.54 Å². The van der Waals surface area contributed by atoms with Crippen molar-refractivity contribution >= 4 is 5.69 Å². The summed E-state index contributed by atoms with van der Waals surface area (Å²) in [5.74, 6) is 0. The van der Waals surface area contributed by atoms with Gasteiger partial charge in [-0.15, -0.1) is 0 Å². The molecule has 16 heavy (non-hydrogen) atoms. The SMILES string of the molecule is NCCC1(c2ccc([N+](=O)[O-])cc2)CCC1. The second-order valence-electron chi connectivity index (χ2n) is 4.48. The van der Waals surface area contributed by atoms with Crippen LogP contribution in [0.25, 0.3) is 0 Å². The van der Waals surface area contributed by atoms with Gasteiger partial charge in [0, 0.05) is 12.1 Å². The number of nitro groups is 1. The summed E-state index contributed by atoms with van der Waals surface area (Å²) in [6.07, 6.45) is 4.52. The Bertz CT molecular complexity index is 383. The monoisotopic (exact) mass is 220 g/mol.